The van der Waals surface area contributed by atoms with E-state index in [0.717, 1.165) is 19.2 Å². The van der Waals surface area contributed by atoms with E-state index < -0.39 is 0 Å². The van der Waals surface area contributed by atoms with Gasteiger partial charge in [0, 0.05) is 13.1 Å². The van der Waals surface area contributed by atoms with E-state index in [1.807, 2.05) is 11.9 Å². The van der Waals surface area contributed by atoms with Crippen LogP contribution in [0.15, 0.2) is 4.99 Å². The van der Waals surface area contributed by atoms with Crippen molar-refractivity contribution < 1.29 is 4.74 Å². The molecule has 0 aliphatic carbocycles. The zero-order valence-corrected chi connectivity index (χ0v) is 6.79. The summed E-state index contributed by atoms with van der Waals surface area (Å²) in [5, 5.41) is 0. The van der Waals surface area contributed by atoms with E-state index in [-0.39, 0.29) is 0 Å². The van der Waals surface area contributed by atoms with Gasteiger partial charge in [-0.15, -0.1) is 0 Å². The maximum atomic E-state index is 5.25. The second kappa shape index (κ2) is 2.90. The highest BCUT2D eigenvalue weighted by Gasteiger charge is 2.14. The summed E-state index contributed by atoms with van der Waals surface area (Å²) in [4.78, 5) is 6.21. The number of nitrogens with zero attached hydrogens (tertiary/aromatic N) is 2. The quantitative estimate of drug-likeness (QED) is 0.538. The Morgan fingerprint density at radius 2 is 2.30 bits per heavy atom. The van der Waals surface area contributed by atoms with Gasteiger partial charge in [-0.25, -0.2) is 4.99 Å². The first kappa shape index (κ1) is 7.38. The standard InChI is InChI=1S/C7H14N2O/c1-6(2)9(3)7-8-4-5-10-7/h6H,4-5H2,1-3H3. The van der Waals surface area contributed by atoms with Crippen molar-refractivity contribution in [2.45, 2.75) is 19.9 Å². The van der Waals surface area contributed by atoms with Crippen LogP contribution >= 0.6 is 0 Å². The number of aliphatic imine (C=N–C) groups is 1. The number of hydrogen-bond donors (Lipinski definition) is 0. The van der Waals surface area contributed by atoms with Crippen LogP contribution < -0.4 is 0 Å². The van der Waals surface area contributed by atoms with Crippen LogP contribution in [0.1, 0.15) is 13.8 Å². The molecule has 0 saturated carbocycles. The molecule has 0 aromatic heterocycles. The fraction of sp³-hybridized carbons (Fsp3) is 0.857. The van der Waals surface area contributed by atoms with Gasteiger partial charge in [0.2, 0.25) is 0 Å². The lowest BCUT2D eigenvalue weighted by Crippen LogP contribution is -2.33. The maximum Gasteiger partial charge on any atom is 0.287 e. The molecule has 0 amide bonds. The molecule has 1 aliphatic heterocycles. The molecule has 10 heavy (non-hydrogen) atoms. The minimum absolute atomic E-state index is 0.469. The van der Waals surface area contributed by atoms with Crippen molar-refractivity contribution in [2.24, 2.45) is 4.99 Å². The average molecular weight is 142 g/mol. The molecule has 1 aliphatic rings. The molecular formula is C7H14N2O. The molecule has 0 aromatic rings. The molecule has 0 fully saturated rings. The molecule has 0 aromatic carbocycles. The van der Waals surface area contributed by atoms with E-state index >= 15 is 0 Å². The molecule has 0 spiro atoms. The summed E-state index contributed by atoms with van der Waals surface area (Å²) in [6.07, 6.45) is 0. The summed E-state index contributed by atoms with van der Waals surface area (Å²) < 4.78 is 5.25. The Kier molecular flexibility index (Phi) is 2.14. The first-order valence-corrected chi connectivity index (χ1v) is 3.62. The Bertz CT molecular complexity index is 143. The highest BCUT2D eigenvalue weighted by Crippen LogP contribution is 2.02. The number of amidine groups is 1. The fourth-order valence-corrected chi connectivity index (χ4v) is 0.758. The third-order valence-corrected chi connectivity index (χ3v) is 1.65. The second-order valence-electron chi connectivity index (χ2n) is 2.72. The molecular weight excluding hydrogens is 128 g/mol. The zero-order valence-electron chi connectivity index (χ0n) is 6.79. The first-order valence-electron chi connectivity index (χ1n) is 3.62. The van der Waals surface area contributed by atoms with E-state index in [4.69, 9.17) is 4.74 Å². The van der Waals surface area contributed by atoms with Gasteiger partial charge < -0.3 is 9.64 Å². The summed E-state index contributed by atoms with van der Waals surface area (Å²) in [7, 11) is 1.99. The minimum Gasteiger partial charge on any atom is -0.463 e. The van der Waals surface area contributed by atoms with E-state index in [9.17, 15) is 0 Å². The van der Waals surface area contributed by atoms with Crippen LogP contribution in [0.2, 0.25) is 0 Å². The van der Waals surface area contributed by atoms with Crippen LogP contribution in [0, 0.1) is 0 Å². The van der Waals surface area contributed by atoms with Gasteiger partial charge >= 0.3 is 0 Å². The number of ether oxygens (including phenoxy) is 1. The van der Waals surface area contributed by atoms with Crippen molar-refractivity contribution >= 4 is 6.02 Å². The van der Waals surface area contributed by atoms with Crippen LogP contribution in [-0.2, 0) is 4.74 Å². The highest BCUT2D eigenvalue weighted by molar-refractivity contribution is 5.74. The van der Waals surface area contributed by atoms with Crippen molar-refractivity contribution in [3.05, 3.63) is 0 Å². The summed E-state index contributed by atoms with van der Waals surface area (Å²) >= 11 is 0. The lowest BCUT2D eigenvalue weighted by molar-refractivity contribution is 0.262. The van der Waals surface area contributed by atoms with Crippen molar-refractivity contribution in [1.29, 1.82) is 0 Å². The van der Waals surface area contributed by atoms with Crippen LogP contribution in [0.4, 0.5) is 0 Å². The highest BCUT2D eigenvalue weighted by atomic mass is 16.5. The smallest absolute Gasteiger partial charge is 0.287 e. The fourth-order valence-electron chi connectivity index (χ4n) is 0.758. The molecule has 3 heteroatoms. The molecule has 3 nitrogen and oxygen atoms in total. The Labute approximate surface area is 61.7 Å². The van der Waals surface area contributed by atoms with Crippen molar-refractivity contribution in [3.8, 4) is 0 Å². The molecule has 0 unspecified atom stereocenters. The maximum absolute atomic E-state index is 5.25. The molecule has 58 valence electrons. The largest absolute Gasteiger partial charge is 0.463 e. The Morgan fingerprint density at radius 3 is 2.70 bits per heavy atom. The first-order chi connectivity index (χ1) is 4.72. The van der Waals surface area contributed by atoms with Crippen LogP contribution in [0.5, 0.6) is 0 Å². The van der Waals surface area contributed by atoms with Gasteiger partial charge in [-0.2, -0.15) is 0 Å². The Hall–Kier alpha value is -0.730. The van der Waals surface area contributed by atoms with Crippen LogP contribution in [0.25, 0.3) is 0 Å². The molecule has 1 heterocycles. The Morgan fingerprint density at radius 1 is 1.60 bits per heavy atom. The predicted octanol–water partition coefficient (Wildman–Crippen LogP) is 0.713. The van der Waals surface area contributed by atoms with E-state index in [0.29, 0.717) is 6.04 Å². The van der Waals surface area contributed by atoms with Gasteiger partial charge in [-0.05, 0) is 13.8 Å². The summed E-state index contributed by atoms with van der Waals surface area (Å²) in [5.74, 6) is 0. The lowest BCUT2D eigenvalue weighted by atomic mass is 10.4. The van der Waals surface area contributed by atoms with Gasteiger partial charge in [0.05, 0.1) is 6.54 Å². The molecule has 0 bridgehead atoms. The summed E-state index contributed by atoms with van der Waals surface area (Å²) in [6.45, 7) is 5.78. The third-order valence-electron chi connectivity index (χ3n) is 1.65. The molecule has 0 N–H and O–H groups in total. The van der Waals surface area contributed by atoms with Gasteiger partial charge in [0.15, 0.2) is 0 Å². The second-order valence-corrected chi connectivity index (χ2v) is 2.72. The lowest BCUT2D eigenvalue weighted by Gasteiger charge is -2.21. The number of hydrogen-bond acceptors (Lipinski definition) is 3. The van der Waals surface area contributed by atoms with Gasteiger partial charge in [0.1, 0.15) is 6.61 Å². The van der Waals surface area contributed by atoms with Crippen molar-refractivity contribution in [1.82, 2.24) is 4.90 Å². The molecule has 1 rings (SSSR count). The zero-order chi connectivity index (χ0) is 7.56. The minimum atomic E-state index is 0.469. The average Bonchev–Trinajstić information content (AvgIpc) is 2.36. The SMILES string of the molecule is CC(C)N(C)C1=NCCO1. The van der Waals surface area contributed by atoms with Gasteiger partial charge in [-0.1, -0.05) is 0 Å². The van der Waals surface area contributed by atoms with Gasteiger partial charge in [-0.3, -0.25) is 0 Å². The van der Waals surface area contributed by atoms with E-state index in [1.54, 1.807) is 0 Å². The van der Waals surface area contributed by atoms with Crippen molar-refractivity contribution in [2.75, 3.05) is 20.2 Å². The molecule has 0 saturated heterocycles. The molecule has 0 radical (unpaired) electrons. The topological polar surface area (TPSA) is 24.8 Å². The van der Waals surface area contributed by atoms with Crippen molar-refractivity contribution in [3.63, 3.8) is 0 Å². The monoisotopic (exact) mass is 142 g/mol. The molecule has 0 atom stereocenters. The van der Waals surface area contributed by atoms with Gasteiger partial charge in [0.25, 0.3) is 6.02 Å². The Balaban J connectivity index is 2.47. The predicted molar refractivity (Wildman–Crippen MR) is 41.2 cm³/mol. The van der Waals surface area contributed by atoms with Crippen LogP contribution in [-0.4, -0.2) is 37.2 Å². The van der Waals surface area contributed by atoms with E-state index in [1.165, 1.54) is 0 Å². The number of rotatable bonds is 1. The third kappa shape index (κ3) is 1.40. The van der Waals surface area contributed by atoms with Crippen LogP contribution in [0.3, 0.4) is 0 Å². The normalized spacial score (nSPS) is 17.0. The summed E-state index contributed by atoms with van der Waals surface area (Å²) in [5.41, 5.74) is 0. The summed E-state index contributed by atoms with van der Waals surface area (Å²) in [6, 6.07) is 1.26. The van der Waals surface area contributed by atoms with E-state index in [2.05, 4.69) is 18.8 Å².